The number of carbonyl (C=O) groups excluding carboxylic acids is 1. The average Bonchev–Trinajstić information content (AvgIpc) is 2.74. The minimum absolute atomic E-state index is 0.0390. The highest BCUT2D eigenvalue weighted by atomic mass is 32.2. The van der Waals surface area contributed by atoms with Gasteiger partial charge in [-0.15, -0.1) is 11.3 Å². The Hall–Kier alpha value is -0.480. The summed E-state index contributed by atoms with van der Waals surface area (Å²) in [5, 5.41) is 2.04. The first-order valence-corrected chi connectivity index (χ1v) is 7.53. The molecule has 1 aromatic heterocycles. The molecule has 2 nitrogen and oxygen atoms in total. The van der Waals surface area contributed by atoms with Gasteiger partial charge in [0.1, 0.15) is 0 Å². The highest BCUT2D eigenvalue weighted by Crippen LogP contribution is 2.28. The van der Waals surface area contributed by atoms with Crippen LogP contribution in [0.15, 0.2) is 17.5 Å². The zero-order valence-corrected chi connectivity index (χ0v) is 12.5. The molecule has 17 heavy (non-hydrogen) atoms. The molecule has 96 valence electrons. The maximum Gasteiger partial charge on any atom is 0.309 e. The lowest BCUT2D eigenvalue weighted by Gasteiger charge is -2.21. The number of hydrogen-bond acceptors (Lipinski definition) is 4. The van der Waals surface area contributed by atoms with Gasteiger partial charge in [-0.2, -0.15) is 11.8 Å². The summed E-state index contributed by atoms with van der Waals surface area (Å²) in [6.45, 7) is 6.49. The van der Waals surface area contributed by atoms with E-state index >= 15 is 0 Å². The van der Waals surface area contributed by atoms with Crippen LogP contribution in [0.3, 0.4) is 0 Å². The van der Waals surface area contributed by atoms with Gasteiger partial charge in [0.25, 0.3) is 0 Å². The Labute approximate surface area is 112 Å². The van der Waals surface area contributed by atoms with Gasteiger partial charge in [-0.25, -0.2) is 0 Å². The van der Waals surface area contributed by atoms with Crippen molar-refractivity contribution in [1.29, 1.82) is 0 Å². The van der Waals surface area contributed by atoms with Gasteiger partial charge >= 0.3 is 5.97 Å². The molecule has 0 radical (unpaired) electrons. The van der Waals surface area contributed by atoms with Crippen LogP contribution in [-0.4, -0.2) is 23.6 Å². The van der Waals surface area contributed by atoms with Crippen LogP contribution in [0.25, 0.3) is 0 Å². The van der Waals surface area contributed by atoms with Gasteiger partial charge in [-0.1, -0.05) is 26.8 Å². The second-order valence-corrected chi connectivity index (χ2v) is 7.81. The topological polar surface area (TPSA) is 26.3 Å². The Balaban J connectivity index is 2.58. The maximum atomic E-state index is 11.7. The fourth-order valence-electron chi connectivity index (χ4n) is 1.40. The first-order chi connectivity index (χ1) is 7.92. The molecule has 1 atom stereocenters. The van der Waals surface area contributed by atoms with Gasteiger partial charge in [-0.3, -0.25) is 4.79 Å². The van der Waals surface area contributed by atoms with Crippen LogP contribution in [0.4, 0.5) is 0 Å². The van der Waals surface area contributed by atoms with Crippen molar-refractivity contribution in [3.05, 3.63) is 22.4 Å². The second-order valence-electron chi connectivity index (χ2n) is 4.93. The van der Waals surface area contributed by atoms with Crippen LogP contribution < -0.4 is 0 Å². The van der Waals surface area contributed by atoms with Gasteiger partial charge in [0.15, 0.2) is 0 Å². The molecule has 0 aliphatic heterocycles. The fraction of sp³-hybridized carbons (Fsp3) is 0.615. The van der Waals surface area contributed by atoms with Crippen LogP contribution in [0.2, 0.25) is 0 Å². The van der Waals surface area contributed by atoms with Crippen LogP contribution in [0, 0.1) is 5.92 Å². The summed E-state index contributed by atoms with van der Waals surface area (Å²) in [5.41, 5.74) is 0. The quantitative estimate of drug-likeness (QED) is 0.766. The van der Waals surface area contributed by atoms with Gasteiger partial charge < -0.3 is 4.74 Å². The molecule has 0 saturated heterocycles. The van der Waals surface area contributed by atoms with E-state index in [1.165, 1.54) is 12.0 Å². The predicted molar refractivity (Wildman–Crippen MR) is 75.7 cm³/mol. The van der Waals surface area contributed by atoms with Crippen molar-refractivity contribution in [2.45, 2.75) is 31.9 Å². The van der Waals surface area contributed by atoms with Crippen molar-refractivity contribution in [1.82, 2.24) is 0 Å². The van der Waals surface area contributed by atoms with E-state index in [1.54, 1.807) is 11.3 Å². The van der Waals surface area contributed by atoms with E-state index in [2.05, 4.69) is 26.8 Å². The molecule has 0 aromatic carbocycles. The zero-order valence-electron chi connectivity index (χ0n) is 10.9. The monoisotopic (exact) mass is 272 g/mol. The molecular formula is C13H20O2S2. The standard InChI is InChI=1S/C13H20O2S2/c1-13(2,3)17-9-10(12(14)15-4)8-11-6-5-7-16-11/h5-7,10H,8-9H2,1-4H3. The van der Waals surface area contributed by atoms with E-state index in [0.29, 0.717) is 0 Å². The van der Waals surface area contributed by atoms with E-state index < -0.39 is 0 Å². The fourth-order valence-corrected chi connectivity index (χ4v) is 3.14. The first kappa shape index (κ1) is 14.6. The van der Waals surface area contributed by atoms with E-state index in [0.717, 1.165) is 12.2 Å². The summed E-state index contributed by atoms with van der Waals surface area (Å²) in [6, 6.07) is 4.09. The van der Waals surface area contributed by atoms with Crippen molar-refractivity contribution < 1.29 is 9.53 Å². The lowest BCUT2D eigenvalue weighted by atomic mass is 10.1. The minimum Gasteiger partial charge on any atom is -0.469 e. The summed E-state index contributed by atoms with van der Waals surface area (Å²) in [4.78, 5) is 13.0. The molecule has 1 heterocycles. The zero-order chi connectivity index (χ0) is 12.9. The number of thioether (sulfide) groups is 1. The number of esters is 1. The molecule has 0 N–H and O–H groups in total. The molecule has 0 fully saturated rings. The SMILES string of the molecule is COC(=O)C(CSC(C)(C)C)Cc1cccs1. The lowest BCUT2D eigenvalue weighted by Crippen LogP contribution is -2.23. The van der Waals surface area contributed by atoms with Gasteiger partial charge in [0.2, 0.25) is 0 Å². The van der Waals surface area contributed by atoms with Crippen molar-refractivity contribution in [3.63, 3.8) is 0 Å². The van der Waals surface area contributed by atoms with Gasteiger partial charge in [0.05, 0.1) is 13.0 Å². The third kappa shape index (κ3) is 5.59. The van der Waals surface area contributed by atoms with Crippen molar-refractivity contribution in [2.24, 2.45) is 5.92 Å². The number of thiophene rings is 1. The number of methoxy groups -OCH3 is 1. The molecule has 1 unspecified atom stereocenters. The molecule has 0 aliphatic rings. The summed E-state index contributed by atoms with van der Waals surface area (Å²) in [7, 11) is 1.46. The molecule has 0 saturated carbocycles. The Morgan fingerprint density at radius 2 is 2.24 bits per heavy atom. The lowest BCUT2D eigenvalue weighted by molar-refractivity contribution is -0.144. The van der Waals surface area contributed by atoms with Crippen molar-refractivity contribution >= 4 is 29.1 Å². The minimum atomic E-state index is -0.102. The van der Waals surface area contributed by atoms with Crippen molar-refractivity contribution in [3.8, 4) is 0 Å². The second kappa shape index (κ2) is 6.45. The van der Waals surface area contributed by atoms with Crippen molar-refractivity contribution in [2.75, 3.05) is 12.9 Å². The van der Waals surface area contributed by atoms with Crippen LogP contribution >= 0.6 is 23.1 Å². The van der Waals surface area contributed by atoms with E-state index in [4.69, 9.17) is 4.74 Å². The molecule has 0 amide bonds. The molecular weight excluding hydrogens is 252 g/mol. The number of ether oxygens (including phenoxy) is 1. The van der Waals surface area contributed by atoms with E-state index in [1.807, 2.05) is 23.2 Å². The van der Waals surface area contributed by atoms with Crippen LogP contribution in [0.1, 0.15) is 25.6 Å². The largest absolute Gasteiger partial charge is 0.469 e. The summed E-state index contributed by atoms with van der Waals surface area (Å²) in [5.74, 6) is 0.673. The summed E-state index contributed by atoms with van der Waals surface area (Å²) in [6.07, 6.45) is 0.785. The molecule has 0 aliphatic carbocycles. The Morgan fingerprint density at radius 3 is 2.71 bits per heavy atom. The Bertz CT molecular complexity index is 339. The highest BCUT2D eigenvalue weighted by Gasteiger charge is 2.23. The number of rotatable bonds is 5. The smallest absolute Gasteiger partial charge is 0.309 e. The molecule has 1 rings (SSSR count). The molecule has 1 aromatic rings. The summed E-state index contributed by atoms with van der Waals surface area (Å²) < 4.78 is 5.06. The third-order valence-electron chi connectivity index (χ3n) is 2.28. The number of hydrogen-bond donors (Lipinski definition) is 0. The maximum absolute atomic E-state index is 11.7. The first-order valence-electron chi connectivity index (χ1n) is 5.66. The molecule has 0 bridgehead atoms. The average molecular weight is 272 g/mol. The molecule has 0 spiro atoms. The highest BCUT2D eigenvalue weighted by molar-refractivity contribution is 8.00. The van der Waals surface area contributed by atoms with E-state index in [-0.39, 0.29) is 16.6 Å². The predicted octanol–water partition coefficient (Wildman–Crippen LogP) is 3.61. The number of carbonyl (C=O) groups is 1. The molecule has 4 heteroatoms. The normalized spacial score (nSPS) is 13.4. The van der Waals surface area contributed by atoms with Crippen LogP contribution in [0.5, 0.6) is 0 Å². The Morgan fingerprint density at radius 1 is 1.53 bits per heavy atom. The third-order valence-corrected chi connectivity index (χ3v) is 4.61. The Kier molecular flexibility index (Phi) is 5.53. The summed E-state index contributed by atoms with van der Waals surface area (Å²) >= 11 is 3.51. The van der Waals surface area contributed by atoms with Crippen LogP contribution in [-0.2, 0) is 16.0 Å². The van der Waals surface area contributed by atoms with E-state index in [9.17, 15) is 4.79 Å². The van der Waals surface area contributed by atoms with Gasteiger partial charge in [-0.05, 0) is 17.9 Å². The van der Waals surface area contributed by atoms with Gasteiger partial charge in [0, 0.05) is 15.4 Å².